The molecule has 0 radical (unpaired) electrons. The van der Waals surface area contributed by atoms with Crippen LogP contribution in [0.25, 0.3) is 0 Å². The number of rotatable bonds is 5. The van der Waals surface area contributed by atoms with E-state index in [4.69, 9.17) is 27.9 Å². The van der Waals surface area contributed by atoms with E-state index in [1.807, 2.05) is 4.90 Å². The summed E-state index contributed by atoms with van der Waals surface area (Å²) in [4.78, 5) is 26.8. The van der Waals surface area contributed by atoms with Crippen molar-refractivity contribution in [2.45, 2.75) is 0 Å². The molecule has 2 aromatic carbocycles. The van der Waals surface area contributed by atoms with Gasteiger partial charge in [0.1, 0.15) is 11.4 Å². The molecule has 0 N–H and O–H groups in total. The van der Waals surface area contributed by atoms with Gasteiger partial charge in [0.2, 0.25) is 0 Å². The van der Waals surface area contributed by atoms with Crippen molar-refractivity contribution in [1.82, 2.24) is 4.90 Å². The van der Waals surface area contributed by atoms with Crippen LogP contribution in [0.3, 0.4) is 0 Å². The van der Waals surface area contributed by atoms with Gasteiger partial charge in [-0.25, -0.2) is 0 Å². The van der Waals surface area contributed by atoms with Gasteiger partial charge in [0.15, 0.2) is 6.61 Å². The van der Waals surface area contributed by atoms with Crippen molar-refractivity contribution in [3.05, 3.63) is 62.6 Å². The van der Waals surface area contributed by atoms with Crippen molar-refractivity contribution < 1.29 is 14.5 Å². The summed E-state index contributed by atoms with van der Waals surface area (Å²) in [7, 11) is 0. The average molecular weight is 410 g/mol. The number of hydrogen-bond donors (Lipinski definition) is 0. The number of piperazine rings is 1. The molecule has 1 saturated heterocycles. The fraction of sp³-hybridized carbons (Fsp3) is 0.278. The van der Waals surface area contributed by atoms with E-state index in [0.717, 1.165) is 0 Å². The first kappa shape index (κ1) is 19.3. The van der Waals surface area contributed by atoms with Crippen LogP contribution < -0.4 is 9.64 Å². The van der Waals surface area contributed by atoms with Crippen LogP contribution in [-0.2, 0) is 4.79 Å². The van der Waals surface area contributed by atoms with Crippen molar-refractivity contribution in [3.8, 4) is 5.75 Å². The smallest absolute Gasteiger partial charge is 0.292 e. The van der Waals surface area contributed by atoms with Crippen LogP contribution in [0, 0.1) is 10.1 Å². The SMILES string of the molecule is O=C(COc1cc(Cl)ccc1Cl)N1CCN(c2ccccc2[N+](=O)[O-])CC1. The molecule has 0 saturated carbocycles. The lowest BCUT2D eigenvalue weighted by molar-refractivity contribution is -0.384. The Hall–Kier alpha value is -2.51. The van der Waals surface area contributed by atoms with Crippen LogP contribution in [0.4, 0.5) is 11.4 Å². The standard InChI is InChI=1S/C18H17Cl2N3O4/c19-13-5-6-14(20)17(11-13)27-12-18(24)22-9-7-21(8-10-22)15-3-1-2-4-16(15)23(25)26/h1-6,11H,7-10,12H2. The number of anilines is 1. The lowest BCUT2D eigenvalue weighted by Gasteiger charge is -2.35. The summed E-state index contributed by atoms with van der Waals surface area (Å²) in [6.45, 7) is 1.78. The molecular weight excluding hydrogens is 393 g/mol. The lowest BCUT2D eigenvalue weighted by atomic mass is 10.2. The molecule has 1 heterocycles. The first-order valence-corrected chi connectivity index (χ1v) is 9.05. The van der Waals surface area contributed by atoms with Crippen LogP contribution >= 0.6 is 23.2 Å². The highest BCUT2D eigenvalue weighted by Crippen LogP contribution is 2.29. The van der Waals surface area contributed by atoms with Crippen LogP contribution in [0.2, 0.25) is 10.0 Å². The largest absolute Gasteiger partial charge is 0.482 e. The highest BCUT2D eigenvalue weighted by molar-refractivity contribution is 6.34. The fourth-order valence-corrected chi connectivity index (χ4v) is 3.24. The second kappa shape index (κ2) is 8.45. The average Bonchev–Trinajstić information content (AvgIpc) is 2.68. The first-order valence-electron chi connectivity index (χ1n) is 8.29. The molecule has 0 spiro atoms. The Kier molecular flexibility index (Phi) is 6.03. The van der Waals surface area contributed by atoms with Crippen molar-refractivity contribution >= 4 is 40.5 Å². The normalized spacial score (nSPS) is 14.1. The fourth-order valence-electron chi connectivity index (χ4n) is 2.90. The number of carbonyl (C=O) groups is 1. The zero-order valence-electron chi connectivity index (χ0n) is 14.3. The number of para-hydroxylation sites is 2. The van der Waals surface area contributed by atoms with E-state index in [9.17, 15) is 14.9 Å². The molecule has 0 atom stereocenters. The molecule has 2 aromatic rings. The minimum atomic E-state index is -0.393. The number of nitro groups is 1. The summed E-state index contributed by atoms with van der Waals surface area (Å²) >= 11 is 11.9. The van der Waals surface area contributed by atoms with Gasteiger partial charge in [-0.05, 0) is 18.2 Å². The van der Waals surface area contributed by atoms with E-state index in [0.29, 0.717) is 47.7 Å². The third-order valence-corrected chi connectivity index (χ3v) is 4.84. The topological polar surface area (TPSA) is 75.9 Å². The van der Waals surface area contributed by atoms with E-state index in [1.165, 1.54) is 6.07 Å². The molecule has 27 heavy (non-hydrogen) atoms. The quantitative estimate of drug-likeness (QED) is 0.556. The van der Waals surface area contributed by atoms with Gasteiger partial charge in [-0.2, -0.15) is 0 Å². The van der Waals surface area contributed by atoms with Crippen LogP contribution in [0.5, 0.6) is 5.75 Å². The number of nitrogens with zero attached hydrogens (tertiary/aromatic N) is 3. The zero-order chi connectivity index (χ0) is 19.4. The summed E-state index contributed by atoms with van der Waals surface area (Å²) in [6, 6.07) is 11.4. The Balaban J connectivity index is 1.57. The molecule has 7 nitrogen and oxygen atoms in total. The first-order chi connectivity index (χ1) is 13.0. The van der Waals surface area contributed by atoms with E-state index >= 15 is 0 Å². The van der Waals surface area contributed by atoms with E-state index < -0.39 is 4.92 Å². The van der Waals surface area contributed by atoms with Crippen LogP contribution in [0.1, 0.15) is 0 Å². The third-order valence-electron chi connectivity index (χ3n) is 4.30. The number of benzene rings is 2. The second-order valence-electron chi connectivity index (χ2n) is 5.98. The van der Waals surface area contributed by atoms with Gasteiger partial charge in [-0.15, -0.1) is 0 Å². The number of amides is 1. The Morgan fingerprint density at radius 1 is 1.11 bits per heavy atom. The molecule has 1 aliphatic rings. The van der Waals surface area contributed by atoms with Gasteiger partial charge in [-0.1, -0.05) is 35.3 Å². The predicted molar refractivity (Wildman–Crippen MR) is 104 cm³/mol. The molecule has 1 fully saturated rings. The second-order valence-corrected chi connectivity index (χ2v) is 6.82. The summed E-state index contributed by atoms with van der Waals surface area (Å²) < 4.78 is 5.48. The Morgan fingerprint density at radius 3 is 2.52 bits per heavy atom. The zero-order valence-corrected chi connectivity index (χ0v) is 15.8. The summed E-state index contributed by atoms with van der Waals surface area (Å²) in [5, 5.41) is 12.0. The van der Waals surface area contributed by atoms with E-state index in [-0.39, 0.29) is 18.2 Å². The monoisotopic (exact) mass is 409 g/mol. The van der Waals surface area contributed by atoms with Gasteiger partial charge < -0.3 is 14.5 Å². The Morgan fingerprint density at radius 2 is 1.81 bits per heavy atom. The molecule has 1 amide bonds. The minimum Gasteiger partial charge on any atom is -0.482 e. The number of halogens is 2. The molecule has 9 heteroatoms. The van der Waals surface area contributed by atoms with Crippen molar-refractivity contribution in [2.24, 2.45) is 0 Å². The van der Waals surface area contributed by atoms with E-state index in [1.54, 1.807) is 41.3 Å². The molecule has 0 aromatic heterocycles. The molecular formula is C18H17Cl2N3O4. The van der Waals surface area contributed by atoms with Gasteiger partial charge in [0, 0.05) is 43.3 Å². The van der Waals surface area contributed by atoms with Crippen LogP contribution in [0.15, 0.2) is 42.5 Å². The molecule has 142 valence electrons. The number of carbonyl (C=O) groups excluding carboxylic acids is 1. The van der Waals surface area contributed by atoms with Gasteiger partial charge >= 0.3 is 0 Å². The summed E-state index contributed by atoms with van der Waals surface area (Å²) in [5.74, 6) is 0.185. The molecule has 3 rings (SSSR count). The molecule has 0 aliphatic carbocycles. The highest BCUT2D eigenvalue weighted by atomic mass is 35.5. The maximum absolute atomic E-state index is 12.4. The minimum absolute atomic E-state index is 0.0659. The van der Waals surface area contributed by atoms with Crippen molar-refractivity contribution in [2.75, 3.05) is 37.7 Å². The highest BCUT2D eigenvalue weighted by Gasteiger charge is 2.25. The summed E-state index contributed by atoms with van der Waals surface area (Å²) in [5.41, 5.74) is 0.632. The number of hydrogen-bond acceptors (Lipinski definition) is 5. The Labute approximate surface area is 166 Å². The van der Waals surface area contributed by atoms with Crippen molar-refractivity contribution in [3.63, 3.8) is 0 Å². The molecule has 0 unspecified atom stereocenters. The molecule has 0 bridgehead atoms. The van der Waals surface area contributed by atoms with E-state index in [2.05, 4.69) is 0 Å². The Bertz CT molecular complexity index is 854. The van der Waals surface area contributed by atoms with Crippen LogP contribution in [-0.4, -0.2) is 48.5 Å². The van der Waals surface area contributed by atoms with Gasteiger partial charge in [-0.3, -0.25) is 14.9 Å². The number of nitro benzene ring substituents is 1. The van der Waals surface area contributed by atoms with Gasteiger partial charge in [0.05, 0.1) is 9.95 Å². The van der Waals surface area contributed by atoms with Crippen molar-refractivity contribution in [1.29, 1.82) is 0 Å². The van der Waals surface area contributed by atoms with Gasteiger partial charge in [0.25, 0.3) is 11.6 Å². The number of ether oxygens (including phenoxy) is 1. The maximum Gasteiger partial charge on any atom is 0.292 e. The third kappa shape index (κ3) is 4.61. The maximum atomic E-state index is 12.4. The molecule has 1 aliphatic heterocycles. The summed E-state index contributed by atoms with van der Waals surface area (Å²) in [6.07, 6.45) is 0. The lowest BCUT2D eigenvalue weighted by Crippen LogP contribution is -2.50. The predicted octanol–water partition coefficient (Wildman–Crippen LogP) is 3.63.